The Morgan fingerprint density at radius 1 is 1.17 bits per heavy atom. The summed E-state index contributed by atoms with van der Waals surface area (Å²) in [6, 6.07) is 5.55. The molecule has 0 radical (unpaired) electrons. The highest BCUT2D eigenvalue weighted by molar-refractivity contribution is 5.92. The van der Waals surface area contributed by atoms with Gasteiger partial charge in [-0.3, -0.25) is 0 Å². The Morgan fingerprint density at radius 3 is 2.33 bits per heavy atom. The van der Waals surface area contributed by atoms with E-state index in [1.807, 2.05) is 25.1 Å². The van der Waals surface area contributed by atoms with E-state index in [9.17, 15) is 5.11 Å². The Labute approximate surface area is 106 Å². The second-order valence-corrected chi connectivity index (χ2v) is 4.23. The molecule has 18 heavy (non-hydrogen) atoms. The van der Waals surface area contributed by atoms with Gasteiger partial charge in [-0.05, 0) is 37.6 Å². The van der Waals surface area contributed by atoms with Crippen LogP contribution in [0.15, 0.2) is 18.2 Å². The molecule has 0 saturated carbocycles. The van der Waals surface area contributed by atoms with Crippen molar-refractivity contribution in [3.8, 4) is 11.5 Å². The minimum absolute atomic E-state index is 0.607. The van der Waals surface area contributed by atoms with Crippen molar-refractivity contribution in [2.24, 2.45) is 0 Å². The van der Waals surface area contributed by atoms with Crippen molar-refractivity contribution in [3.63, 3.8) is 0 Å². The molecule has 2 aromatic rings. The number of hydrogen-bond acceptors (Lipinski definition) is 4. The number of aliphatic hydroxyl groups excluding tert-OH is 1. The lowest BCUT2D eigenvalue weighted by atomic mass is 10.1. The molecule has 4 heteroatoms. The highest BCUT2D eigenvalue weighted by Gasteiger charge is 2.14. The molecule has 1 N–H and O–H groups in total. The maximum Gasteiger partial charge on any atom is 0.145 e. The van der Waals surface area contributed by atoms with Gasteiger partial charge in [-0.25, -0.2) is 4.98 Å². The summed E-state index contributed by atoms with van der Waals surface area (Å²) in [6.07, 6.45) is -0.607. The van der Waals surface area contributed by atoms with Crippen LogP contribution >= 0.6 is 0 Å². The van der Waals surface area contributed by atoms with Crippen LogP contribution < -0.4 is 9.47 Å². The Balaban J connectivity index is 2.84. The van der Waals surface area contributed by atoms with Crippen molar-refractivity contribution >= 4 is 10.9 Å². The summed E-state index contributed by atoms with van der Waals surface area (Å²) in [5.74, 6) is 1.43. The fourth-order valence-electron chi connectivity index (χ4n) is 2.05. The molecule has 1 heterocycles. The number of aliphatic hydroxyl groups is 1. The molecule has 4 nitrogen and oxygen atoms in total. The lowest BCUT2D eigenvalue weighted by molar-refractivity contribution is 0.194. The van der Waals surface area contributed by atoms with Crippen LogP contribution in [0.3, 0.4) is 0 Å². The number of benzene rings is 1. The first-order chi connectivity index (χ1) is 8.58. The molecule has 0 fully saturated rings. The predicted octanol–water partition coefficient (Wildman–Crippen LogP) is 2.61. The summed E-state index contributed by atoms with van der Waals surface area (Å²) in [5.41, 5.74) is 2.35. The summed E-state index contributed by atoms with van der Waals surface area (Å²) in [6.45, 7) is 3.66. The molecule has 96 valence electrons. The van der Waals surface area contributed by atoms with E-state index in [2.05, 4.69) is 4.98 Å². The van der Waals surface area contributed by atoms with Gasteiger partial charge in [0, 0.05) is 5.39 Å². The predicted molar refractivity (Wildman–Crippen MR) is 70.2 cm³/mol. The fourth-order valence-corrected chi connectivity index (χ4v) is 2.05. The van der Waals surface area contributed by atoms with Gasteiger partial charge in [0.15, 0.2) is 0 Å². The van der Waals surface area contributed by atoms with Crippen LogP contribution in [0.2, 0.25) is 0 Å². The van der Waals surface area contributed by atoms with Crippen molar-refractivity contribution in [1.82, 2.24) is 4.98 Å². The molecule has 0 aliphatic heterocycles. The lowest BCUT2D eigenvalue weighted by Gasteiger charge is -2.14. The number of pyridine rings is 1. The Bertz CT molecular complexity index is 579. The van der Waals surface area contributed by atoms with Crippen LogP contribution in [0.25, 0.3) is 10.9 Å². The van der Waals surface area contributed by atoms with Crippen LogP contribution in [0, 0.1) is 6.92 Å². The van der Waals surface area contributed by atoms with Crippen LogP contribution in [0.1, 0.15) is 24.3 Å². The van der Waals surface area contributed by atoms with Crippen molar-refractivity contribution in [2.75, 3.05) is 14.2 Å². The zero-order chi connectivity index (χ0) is 13.3. The summed E-state index contributed by atoms with van der Waals surface area (Å²) >= 11 is 0. The zero-order valence-corrected chi connectivity index (χ0v) is 11.0. The van der Waals surface area contributed by atoms with Crippen LogP contribution in [0.4, 0.5) is 0 Å². The average Bonchev–Trinajstić information content (AvgIpc) is 2.37. The SMILES string of the molecule is COc1ccc(OC)c2c(C)cc(C(C)O)nc12. The number of aryl methyl sites for hydroxylation is 1. The monoisotopic (exact) mass is 247 g/mol. The van der Waals surface area contributed by atoms with Crippen molar-refractivity contribution in [3.05, 3.63) is 29.5 Å². The number of hydrogen-bond donors (Lipinski definition) is 1. The summed E-state index contributed by atoms with van der Waals surface area (Å²) < 4.78 is 10.7. The summed E-state index contributed by atoms with van der Waals surface area (Å²) in [7, 11) is 3.23. The maximum atomic E-state index is 9.66. The van der Waals surface area contributed by atoms with E-state index in [-0.39, 0.29) is 0 Å². The number of rotatable bonds is 3. The van der Waals surface area contributed by atoms with Gasteiger partial charge in [-0.15, -0.1) is 0 Å². The van der Waals surface area contributed by atoms with E-state index < -0.39 is 6.10 Å². The van der Waals surface area contributed by atoms with E-state index >= 15 is 0 Å². The van der Waals surface area contributed by atoms with Gasteiger partial charge in [-0.2, -0.15) is 0 Å². The fraction of sp³-hybridized carbons (Fsp3) is 0.357. The maximum absolute atomic E-state index is 9.66. The molecular formula is C14H17NO3. The first kappa shape index (κ1) is 12.6. The molecule has 1 aromatic heterocycles. The van der Waals surface area contributed by atoms with Gasteiger partial charge in [0.2, 0.25) is 0 Å². The molecule has 0 aliphatic rings. The third-order valence-electron chi connectivity index (χ3n) is 2.97. The third-order valence-corrected chi connectivity index (χ3v) is 2.97. The van der Waals surface area contributed by atoms with E-state index in [4.69, 9.17) is 9.47 Å². The Hall–Kier alpha value is -1.81. The van der Waals surface area contributed by atoms with Gasteiger partial charge >= 0.3 is 0 Å². The molecule has 0 bridgehead atoms. The van der Waals surface area contributed by atoms with E-state index in [0.29, 0.717) is 17.0 Å². The highest BCUT2D eigenvalue weighted by Crippen LogP contribution is 2.35. The van der Waals surface area contributed by atoms with Gasteiger partial charge in [0.25, 0.3) is 0 Å². The topological polar surface area (TPSA) is 51.6 Å². The van der Waals surface area contributed by atoms with E-state index in [1.165, 1.54) is 0 Å². The van der Waals surface area contributed by atoms with Gasteiger partial charge < -0.3 is 14.6 Å². The third kappa shape index (κ3) is 1.99. The number of ether oxygens (including phenoxy) is 2. The number of fused-ring (bicyclic) bond motifs is 1. The molecular weight excluding hydrogens is 230 g/mol. The molecule has 1 unspecified atom stereocenters. The lowest BCUT2D eigenvalue weighted by Crippen LogP contribution is -2.00. The normalized spacial score (nSPS) is 12.5. The van der Waals surface area contributed by atoms with Crippen molar-refractivity contribution in [2.45, 2.75) is 20.0 Å². The van der Waals surface area contributed by atoms with E-state index in [1.54, 1.807) is 21.1 Å². The van der Waals surface area contributed by atoms with Gasteiger partial charge in [0.1, 0.15) is 17.0 Å². The highest BCUT2D eigenvalue weighted by atomic mass is 16.5. The Morgan fingerprint density at radius 2 is 1.78 bits per heavy atom. The zero-order valence-electron chi connectivity index (χ0n) is 11.0. The van der Waals surface area contributed by atoms with Crippen molar-refractivity contribution < 1.29 is 14.6 Å². The summed E-state index contributed by atoms with van der Waals surface area (Å²) in [4.78, 5) is 4.46. The van der Waals surface area contributed by atoms with E-state index in [0.717, 1.165) is 16.7 Å². The molecule has 1 atom stereocenters. The molecule has 0 spiro atoms. The second kappa shape index (κ2) is 4.82. The molecule has 0 amide bonds. The van der Waals surface area contributed by atoms with Crippen LogP contribution in [-0.4, -0.2) is 24.3 Å². The van der Waals surface area contributed by atoms with Gasteiger partial charge in [-0.1, -0.05) is 0 Å². The number of aromatic nitrogens is 1. The standard InChI is InChI=1S/C14H17NO3/c1-8-7-10(9(2)16)15-14-12(18-4)6-5-11(17-3)13(8)14/h5-7,9,16H,1-4H3. The largest absolute Gasteiger partial charge is 0.496 e. The average molecular weight is 247 g/mol. The second-order valence-electron chi connectivity index (χ2n) is 4.23. The molecule has 0 saturated heterocycles. The molecule has 0 aliphatic carbocycles. The minimum Gasteiger partial charge on any atom is -0.496 e. The minimum atomic E-state index is -0.607. The van der Waals surface area contributed by atoms with Crippen LogP contribution in [0.5, 0.6) is 11.5 Å². The van der Waals surface area contributed by atoms with Crippen molar-refractivity contribution in [1.29, 1.82) is 0 Å². The molecule has 1 aromatic carbocycles. The van der Waals surface area contributed by atoms with Crippen LogP contribution in [-0.2, 0) is 0 Å². The Kier molecular flexibility index (Phi) is 3.39. The number of nitrogens with zero attached hydrogens (tertiary/aromatic N) is 1. The molecule has 2 rings (SSSR count). The first-order valence-corrected chi connectivity index (χ1v) is 5.78. The van der Waals surface area contributed by atoms with Gasteiger partial charge in [0.05, 0.1) is 26.0 Å². The quantitative estimate of drug-likeness (QED) is 0.905. The smallest absolute Gasteiger partial charge is 0.145 e. The number of methoxy groups -OCH3 is 2. The first-order valence-electron chi connectivity index (χ1n) is 5.78. The summed E-state index contributed by atoms with van der Waals surface area (Å²) in [5, 5.41) is 10.6.